The molecule has 0 spiro atoms. The maximum Gasteiger partial charge on any atom is 0.124 e. The van der Waals surface area contributed by atoms with Crippen LogP contribution >= 0.6 is 0 Å². The number of nitriles is 1. The van der Waals surface area contributed by atoms with Gasteiger partial charge in [0.15, 0.2) is 0 Å². The standard InChI is InChI=1S/C16H20N2O/c1-12-10-18(15-7-6-13(8-15)9-17)11-14-4-2-3-5-16(14)19-12/h2-5,12-13,15H,6-8,10-11H2,1H3. The zero-order valence-corrected chi connectivity index (χ0v) is 11.4. The molecule has 0 amide bonds. The van der Waals surface area contributed by atoms with Gasteiger partial charge in [0, 0.05) is 30.6 Å². The van der Waals surface area contributed by atoms with Crippen LogP contribution in [0.5, 0.6) is 5.75 Å². The van der Waals surface area contributed by atoms with Crippen molar-refractivity contribution in [3.63, 3.8) is 0 Å². The van der Waals surface area contributed by atoms with Gasteiger partial charge in [-0.25, -0.2) is 0 Å². The second kappa shape index (κ2) is 5.22. The summed E-state index contributed by atoms with van der Waals surface area (Å²) in [5.41, 5.74) is 1.27. The van der Waals surface area contributed by atoms with Crippen molar-refractivity contribution in [1.29, 1.82) is 5.26 Å². The van der Waals surface area contributed by atoms with Gasteiger partial charge in [-0.3, -0.25) is 4.90 Å². The number of para-hydroxylation sites is 1. The number of rotatable bonds is 1. The summed E-state index contributed by atoms with van der Waals surface area (Å²) < 4.78 is 5.99. The topological polar surface area (TPSA) is 36.3 Å². The Kier molecular flexibility index (Phi) is 3.44. The van der Waals surface area contributed by atoms with Gasteiger partial charge in [0.05, 0.1) is 6.07 Å². The summed E-state index contributed by atoms with van der Waals surface area (Å²) in [7, 11) is 0. The van der Waals surface area contributed by atoms with Gasteiger partial charge in [-0.1, -0.05) is 18.2 Å². The van der Waals surface area contributed by atoms with Crippen LogP contribution in [0.15, 0.2) is 24.3 Å². The Morgan fingerprint density at radius 3 is 2.95 bits per heavy atom. The Hall–Kier alpha value is -1.53. The van der Waals surface area contributed by atoms with E-state index in [1.807, 2.05) is 6.07 Å². The third-order valence-corrected chi connectivity index (χ3v) is 4.27. The molecule has 1 aliphatic heterocycles. The zero-order chi connectivity index (χ0) is 13.2. The van der Waals surface area contributed by atoms with Crippen molar-refractivity contribution in [3.8, 4) is 11.8 Å². The van der Waals surface area contributed by atoms with Crippen LogP contribution in [-0.2, 0) is 6.54 Å². The predicted molar refractivity (Wildman–Crippen MR) is 73.7 cm³/mol. The highest BCUT2D eigenvalue weighted by atomic mass is 16.5. The van der Waals surface area contributed by atoms with E-state index in [1.165, 1.54) is 5.56 Å². The van der Waals surface area contributed by atoms with Gasteiger partial charge in [-0.15, -0.1) is 0 Å². The summed E-state index contributed by atoms with van der Waals surface area (Å²) in [6.07, 6.45) is 3.43. The van der Waals surface area contributed by atoms with E-state index >= 15 is 0 Å². The zero-order valence-electron chi connectivity index (χ0n) is 11.4. The molecule has 2 aliphatic rings. The van der Waals surface area contributed by atoms with Crippen molar-refractivity contribution in [3.05, 3.63) is 29.8 Å². The fourth-order valence-corrected chi connectivity index (χ4v) is 3.30. The molecule has 1 saturated carbocycles. The van der Waals surface area contributed by atoms with E-state index in [0.717, 1.165) is 38.1 Å². The maximum atomic E-state index is 9.05. The van der Waals surface area contributed by atoms with Crippen molar-refractivity contribution in [2.45, 2.75) is 44.9 Å². The minimum Gasteiger partial charge on any atom is -0.489 e. The van der Waals surface area contributed by atoms with Crippen LogP contribution in [0.3, 0.4) is 0 Å². The largest absolute Gasteiger partial charge is 0.489 e. The Balaban J connectivity index is 1.79. The maximum absolute atomic E-state index is 9.05. The van der Waals surface area contributed by atoms with Crippen molar-refractivity contribution in [2.24, 2.45) is 5.92 Å². The minimum atomic E-state index is 0.213. The average Bonchev–Trinajstić information content (AvgIpc) is 2.82. The monoisotopic (exact) mass is 256 g/mol. The third kappa shape index (κ3) is 2.59. The quantitative estimate of drug-likeness (QED) is 0.775. The van der Waals surface area contributed by atoms with Crippen molar-refractivity contribution in [2.75, 3.05) is 6.54 Å². The molecule has 1 aromatic rings. The lowest BCUT2D eigenvalue weighted by molar-refractivity contribution is 0.125. The summed E-state index contributed by atoms with van der Waals surface area (Å²) in [6, 6.07) is 11.3. The molecule has 3 rings (SSSR count). The lowest BCUT2D eigenvalue weighted by atomic mass is 10.1. The first-order chi connectivity index (χ1) is 9.26. The molecule has 0 N–H and O–H groups in total. The number of nitrogens with zero attached hydrogens (tertiary/aromatic N) is 2. The Morgan fingerprint density at radius 1 is 1.32 bits per heavy atom. The summed E-state index contributed by atoms with van der Waals surface area (Å²) in [5, 5.41) is 9.05. The summed E-state index contributed by atoms with van der Waals surface area (Å²) in [4.78, 5) is 2.51. The molecule has 1 aromatic carbocycles. The highest BCUT2D eigenvalue weighted by molar-refractivity contribution is 5.34. The first kappa shape index (κ1) is 12.5. The lowest BCUT2D eigenvalue weighted by Gasteiger charge is -2.28. The van der Waals surface area contributed by atoms with Gasteiger partial charge in [-0.2, -0.15) is 5.26 Å². The molecule has 3 unspecified atom stereocenters. The van der Waals surface area contributed by atoms with Crippen LogP contribution in [0, 0.1) is 17.2 Å². The van der Waals surface area contributed by atoms with Gasteiger partial charge >= 0.3 is 0 Å². The average molecular weight is 256 g/mol. The molecule has 0 radical (unpaired) electrons. The van der Waals surface area contributed by atoms with E-state index in [1.54, 1.807) is 0 Å². The molecule has 3 nitrogen and oxygen atoms in total. The first-order valence-electron chi connectivity index (χ1n) is 7.14. The molecule has 0 saturated heterocycles. The van der Waals surface area contributed by atoms with Gasteiger partial charge in [-0.05, 0) is 32.3 Å². The second-order valence-electron chi connectivity index (χ2n) is 5.76. The van der Waals surface area contributed by atoms with Crippen LogP contribution in [0.4, 0.5) is 0 Å². The summed E-state index contributed by atoms with van der Waals surface area (Å²) in [6.45, 7) is 4.03. The van der Waals surface area contributed by atoms with E-state index in [0.29, 0.717) is 6.04 Å². The second-order valence-corrected chi connectivity index (χ2v) is 5.76. The molecule has 1 aliphatic carbocycles. The molecule has 3 heteroatoms. The Labute approximate surface area is 114 Å². The van der Waals surface area contributed by atoms with Crippen molar-refractivity contribution >= 4 is 0 Å². The van der Waals surface area contributed by atoms with Crippen LogP contribution < -0.4 is 4.74 Å². The summed E-state index contributed by atoms with van der Waals surface area (Å²) >= 11 is 0. The lowest BCUT2D eigenvalue weighted by Crippen LogP contribution is -2.37. The molecule has 1 heterocycles. The fraction of sp³-hybridized carbons (Fsp3) is 0.562. The SMILES string of the molecule is CC1CN(C2CCC(C#N)C2)Cc2ccccc2O1. The normalized spacial score (nSPS) is 31.1. The van der Waals surface area contributed by atoms with Crippen LogP contribution in [0.25, 0.3) is 0 Å². The highest BCUT2D eigenvalue weighted by Crippen LogP contribution is 2.33. The van der Waals surface area contributed by atoms with E-state index < -0.39 is 0 Å². The van der Waals surface area contributed by atoms with Gasteiger partial charge < -0.3 is 4.74 Å². The number of benzene rings is 1. The van der Waals surface area contributed by atoms with Crippen molar-refractivity contribution < 1.29 is 4.74 Å². The van der Waals surface area contributed by atoms with Gasteiger partial charge in [0.25, 0.3) is 0 Å². The number of hydrogen-bond acceptors (Lipinski definition) is 3. The number of fused-ring (bicyclic) bond motifs is 1. The predicted octanol–water partition coefficient (Wildman–Crippen LogP) is 2.96. The van der Waals surface area contributed by atoms with E-state index in [4.69, 9.17) is 10.00 Å². The van der Waals surface area contributed by atoms with Crippen molar-refractivity contribution in [1.82, 2.24) is 4.90 Å². The Bertz CT molecular complexity index is 494. The molecule has 3 atom stereocenters. The van der Waals surface area contributed by atoms with Crippen LogP contribution in [0.2, 0.25) is 0 Å². The number of ether oxygens (including phenoxy) is 1. The molecule has 100 valence electrons. The molecule has 0 aromatic heterocycles. The number of hydrogen-bond donors (Lipinski definition) is 0. The highest BCUT2D eigenvalue weighted by Gasteiger charge is 2.32. The van der Waals surface area contributed by atoms with E-state index in [9.17, 15) is 0 Å². The molecule has 1 fully saturated rings. The molecule has 19 heavy (non-hydrogen) atoms. The van der Waals surface area contributed by atoms with E-state index in [-0.39, 0.29) is 12.0 Å². The Morgan fingerprint density at radius 2 is 2.16 bits per heavy atom. The smallest absolute Gasteiger partial charge is 0.124 e. The minimum absolute atomic E-state index is 0.213. The van der Waals surface area contributed by atoms with Gasteiger partial charge in [0.1, 0.15) is 11.9 Å². The van der Waals surface area contributed by atoms with E-state index in [2.05, 4.69) is 36.1 Å². The first-order valence-corrected chi connectivity index (χ1v) is 7.14. The van der Waals surface area contributed by atoms with Crippen LogP contribution in [-0.4, -0.2) is 23.6 Å². The molecule has 0 bridgehead atoms. The van der Waals surface area contributed by atoms with Gasteiger partial charge in [0.2, 0.25) is 0 Å². The van der Waals surface area contributed by atoms with Crippen LogP contribution in [0.1, 0.15) is 31.7 Å². The molecular formula is C16H20N2O. The fourth-order valence-electron chi connectivity index (χ4n) is 3.30. The molecular weight excluding hydrogens is 236 g/mol. The third-order valence-electron chi connectivity index (χ3n) is 4.27. The summed E-state index contributed by atoms with van der Waals surface area (Å²) in [5.74, 6) is 1.27.